The molecule has 2 saturated heterocycles. The van der Waals surface area contributed by atoms with Crippen LogP contribution < -0.4 is 9.80 Å². The monoisotopic (exact) mass is 433 g/mol. The van der Waals surface area contributed by atoms with Crippen LogP contribution in [0.1, 0.15) is 53.0 Å². The Morgan fingerprint density at radius 2 is 1.59 bits per heavy atom. The first kappa shape index (κ1) is 23.2. The Hall–Kier alpha value is -2.00. The molecule has 174 valence electrons. The summed E-state index contributed by atoms with van der Waals surface area (Å²) in [6, 6.07) is 16.5. The lowest BCUT2D eigenvalue weighted by Crippen LogP contribution is -2.48. The molecule has 3 nitrogen and oxygen atoms in total. The van der Waals surface area contributed by atoms with Crippen molar-refractivity contribution < 1.29 is 0 Å². The Bertz CT molecular complexity index is 872. The van der Waals surface area contributed by atoms with Gasteiger partial charge in [0.1, 0.15) is 0 Å². The number of nitrogens with zero attached hydrogens (tertiary/aromatic N) is 3. The summed E-state index contributed by atoms with van der Waals surface area (Å²) in [5.41, 5.74) is 7.34. The van der Waals surface area contributed by atoms with Gasteiger partial charge in [-0.3, -0.25) is 4.90 Å². The molecule has 0 spiro atoms. The van der Waals surface area contributed by atoms with Crippen molar-refractivity contribution in [3.8, 4) is 11.1 Å². The molecule has 4 rings (SSSR count). The highest BCUT2D eigenvalue weighted by Crippen LogP contribution is 2.35. The number of piperidine rings is 1. The molecular weight excluding hydrogens is 390 g/mol. The molecule has 2 heterocycles. The Morgan fingerprint density at radius 1 is 0.875 bits per heavy atom. The highest BCUT2D eigenvalue weighted by Gasteiger charge is 2.23. The van der Waals surface area contributed by atoms with Gasteiger partial charge in [0.2, 0.25) is 0 Å². The van der Waals surface area contributed by atoms with Crippen LogP contribution in [0.4, 0.5) is 11.4 Å². The topological polar surface area (TPSA) is 9.72 Å². The molecule has 0 aliphatic carbocycles. The second-order valence-electron chi connectivity index (χ2n) is 11.3. The number of anilines is 2. The Balaban J connectivity index is 1.50. The third-order valence-corrected chi connectivity index (χ3v) is 7.08. The van der Waals surface area contributed by atoms with Gasteiger partial charge in [-0.2, -0.15) is 0 Å². The summed E-state index contributed by atoms with van der Waals surface area (Å²) in [6.45, 7) is 19.8. The van der Waals surface area contributed by atoms with Gasteiger partial charge in [-0.25, -0.2) is 0 Å². The van der Waals surface area contributed by atoms with E-state index in [4.69, 9.17) is 0 Å². The second-order valence-corrected chi connectivity index (χ2v) is 11.3. The van der Waals surface area contributed by atoms with Crippen molar-refractivity contribution >= 4 is 11.4 Å². The van der Waals surface area contributed by atoms with Crippen molar-refractivity contribution in [3.63, 3.8) is 0 Å². The van der Waals surface area contributed by atoms with Crippen LogP contribution in [0.3, 0.4) is 0 Å². The third kappa shape index (κ3) is 5.67. The van der Waals surface area contributed by atoms with Crippen LogP contribution in [-0.4, -0.2) is 50.7 Å². The molecule has 0 bridgehead atoms. The Labute approximate surface area is 196 Å². The van der Waals surface area contributed by atoms with E-state index in [1.54, 1.807) is 0 Å². The average Bonchev–Trinajstić information content (AvgIpc) is 2.78. The maximum absolute atomic E-state index is 2.63. The lowest BCUT2D eigenvalue weighted by atomic mass is 9.95. The molecule has 2 aromatic rings. The number of rotatable bonds is 5. The predicted octanol–water partition coefficient (Wildman–Crippen LogP) is 6.32. The number of hydrogen-bond acceptors (Lipinski definition) is 3. The molecule has 2 fully saturated rings. The van der Waals surface area contributed by atoms with Gasteiger partial charge in [0, 0.05) is 62.8 Å². The van der Waals surface area contributed by atoms with Crippen LogP contribution >= 0.6 is 0 Å². The van der Waals surface area contributed by atoms with Crippen LogP contribution in [0, 0.1) is 11.3 Å². The Kier molecular flexibility index (Phi) is 7.14. The van der Waals surface area contributed by atoms with Gasteiger partial charge >= 0.3 is 0 Å². The molecule has 0 saturated carbocycles. The fraction of sp³-hybridized carbons (Fsp3) is 0.586. The number of benzene rings is 2. The highest BCUT2D eigenvalue weighted by atomic mass is 15.3. The average molecular weight is 434 g/mol. The van der Waals surface area contributed by atoms with Crippen LogP contribution in [-0.2, 0) is 6.42 Å². The lowest BCUT2D eigenvalue weighted by Gasteiger charge is -2.39. The van der Waals surface area contributed by atoms with Gasteiger partial charge in [0.05, 0.1) is 0 Å². The second kappa shape index (κ2) is 9.87. The van der Waals surface area contributed by atoms with E-state index < -0.39 is 0 Å². The largest absolute Gasteiger partial charge is 0.371 e. The minimum atomic E-state index is 0.376. The van der Waals surface area contributed by atoms with Crippen molar-refractivity contribution in [2.45, 2.75) is 53.9 Å². The molecule has 2 aromatic carbocycles. The molecule has 0 amide bonds. The molecule has 2 aliphatic heterocycles. The lowest BCUT2D eigenvalue weighted by molar-refractivity contribution is 0.182. The number of hydrogen-bond donors (Lipinski definition) is 0. The van der Waals surface area contributed by atoms with Gasteiger partial charge in [-0.05, 0) is 59.9 Å². The van der Waals surface area contributed by atoms with E-state index in [0.717, 1.165) is 38.5 Å². The predicted molar refractivity (Wildman–Crippen MR) is 140 cm³/mol. The molecule has 32 heavy (non-hydrogen) atoms. The van der Waals surface area contributed by atoms with Crippen molar-refractivity contribution in [2.24, 2.45) is 11.3 Å². The first-order chi connectivity index (χ1) is 15.3. The van der Waals surface area contributed by atoms with Crippen LogP contribution in [0.25, 0.3) is 11.1 Å². The van der Waals surface area contributed by atoms with E-state index >= 15 is 0 Å². The third-order valence-electron chi connectivity index (χ3n) is 7.08. The van der Waals surface area contributed by atoms with Gasteiger partial charge in [0.25, 0.3) is 0 Å². The van der Waals surface area contributed by atoms with Gasteiger partial charge < -0.3 is 9.80 Å². The van der Waals surface area contributed by atoms with Gasteiger partial charge in [0.15, 0.2) is 0 Å². The van der Waals surface area contributed by atoms with Crippen molar-refractivity contribution in [2.75, 3.05) is 55.6 Å². The minimum absolute atomic E-state index is 0.376. The van der Waals surface area contributed by atoms with E-state index in [1.165, 1.54) is 60.5 Å². The zero-order chi connectivity index (χ0) is 22.7. The van der Waals surface area contributed by atoms with Crippen molar-refractivity contribution in [1.29, 1.82) is 0 Å². The van der Waals surface area contributed by atoms with Gasteiger partial charge in [-0.1, -0.05) is 58.9 Å². The molecular formula is C29H43N3. The summed E-state index contributed by atoms with van der Waals surface area (Å²) >= 11 is 0. The van der Waals surface area contributed by atoms with Crippen LogP contribution in [0.5, 0.6) is 0 Å². The summed E-state index contributed by atoms with van der Waals surface area (Å²) < 4.78 is 0. The minimum Gasteiger partial charge on any atom is -0.371 e. The summed E-state index contributed by atoms with van der Waals surface area (Å²) in [5, 5.41) is 0. The van der Waals surface area contributed by atoms with Crippen molar-refractivity contribution in [3.05, 3.63) is 48.0 Å². The first-order valence-electron chi connectivity index (χ1n) is 12.8. The van der Waals surface area contributed by atoms with E-state index in [0.29, 0.717) is 5.41 Å². The fourth-order valence-electron chi connectivity index (χ4n) is 5.40. The Morgan fingerprint density at radius 3 is 2.22 bits per heavy atom. The number of piperazine rings is 1. The number of aryl methyl sites for hydroxylation is 1. The molecule has 0 N–H and O–H groups in total. The van der Waals surface area contributed by atoms with Crippen LogP contribution in [0.2, 0.25) is 0 Å². The normalized spacial score (nSPS) is 20.6. The quantitative estimate of drug-likeness (QED) is 0.546. The van der Waals surface area contributed by atoms with E-state index in [9.17, 15) is 0 Å². The SMILES string of the molecule is CCc1ccc(-c2ccc(N3CCN(CC(C)(C)C)CC3)cc2)c(N2CCCC(C)C2)c1. The molecule has 2 aliphatic rings. The molecule has 1 unspecified atom stereocenters. The fourth-order valence-corrected chi connectivity index (χ4v) is 5.40. The smallest absolute Gasteiger partial charge is 0.0448 e. The summed E-state index contributed by atoms with van der Waals surface area (Å²) in [6.07, 6.45) is 3.75. The van der Waals surface area contributed by atoms with E-state index in [1.807, 2.05) is 0 Å². The van der Waals surface area contributed by atoms with E-state index in [-0.39, 0.29) is 0 Å². The highest BCUT2D eigenvalue weighted by molar-refractivity contribution is 5.80. The summed E-state index contributed by atoms with van der Waals surface area (Å²) in [4.78, 5) is 7.80. The molecule has 0 aromatic heterocycles. The first-order valence-corrected chi connectivity index (χ1v) is 12.8. The standard InChI is InChI=1S/C29H43N3/c1-6-24-9-14-27(28(20-24)32-15-7-8-23(2)21-32)25-10-12-26(13-11-25)31-18-16-30(17-19-31)22-29(3,4)5/h9-14,20,23H,6-8,15-19,21-22H2,1-5H3. The maximum atomic E-state index is 2.63. The zero-order valence-corrected chi connectivity index (χ0v) is 21.0. The maximum Gasteiger partial charge on any atom is 0.0448 e. The zero-order valence-electron chi connectivity index (χ0n) is 21.0. The van der Waals surface area contributed by atoms with Crippen LogP contribution in [0.15, 0.2) is 42.5 Å². The van der Waals surface area contributed by atoms with Gasteiger partial charge in [-0.15, -0.1) is 0 Å². The summed E-state index contributed by atoms with van der Waals surface area (Å²) in [7, 11) is 0. The molecule has 1 atom stereocenters. The molecule has 3 heteroatoms. The summed E-state index contributed by atoms with van der Waals surface area (Å²) in [5.74, 6) is 0.779. The van der Waals surface area contributed by atoms with Crippen molar-refractivity contribution in [1.82, 2.24) is 4.90 Å². The van der Waals surface area contributed by atoms with E-state index in [2.05, 4.69) is 91.8 Å². The molecule has 0 radical (unpaired) electrons.